The second kappa shape index (κ2) is 7.67. The molecule has 4 rings (SSSR count). The van der Waals surface area contributed by atoms with Crippen LogP contribution in [0.3, 0.4) is 0 Å². The number of aromatic nitrogens is 4. The summed E-state index contributed by atoms with van der Waals surface area (Å²) >= 11 is 0. The minimum absolute atomic E-state index is 0.162. The normalized spacial score (nSPS) is 12.1. The highest BCUT2D eigenvalue weighted by Gasteiger charge is 2.26. The Morgan fingerprint density at radius 1 is 0.931 bits per heavy atom. The van der Waals surface area contributed by atoms with E-state index in [4.69, 9.17) is 19.4 Å². The summed E-state index contributed by atoms with van der Waals surface area (Å²) in [7, 11) is 0. The lowest BCUT2D eigenvalue weighted by Gasteiger charge is -2.14. The monoisotopic (exact) mass is 390 g/mol. The Morgan fingerprint density at radius 2 is 1.59 bits per heavy atom. The number of hydrogen-bond donors (Lipinski definition) is 0. The minimum atomic E-state index is -0.903. The first kappa shape index (κ1) is 18.5. The second-order valence-electron chi connectivity index (χ2n) is 6.42. The minimum Gasteiger partial charge on any atom is -0.461 e. The quantitative estimate of drug-likeness (QED) is 0.483. The highest BCUT2D eigenvalue weighted by Crippen LogP contribution is 2.28. The maximum absolute atomic E-state index is 11.7. The Bertz CT molecular complexity index is 1200. The molecule has 2 heterocycles. The van der Waals surface area contributed by atoms with Crippen molar-refractivity contribution in [2.24, 2.45) is 0 Å². The molecule has 0 radical (unpaired) electrons. The number of ether oxygens (including phenoxy) is 2. The molecule has 8 nitrogen and oxygen atoms in total. The number of nitrogens with zero attached hydrogens (tertiary/aromatic N) is 4. The van der Waals surface area contributed by atoms with Crippen LogP contribution >= 0.6 is 0 Å². The number of esters is 2. The van der Waals surface area contributed by atoms with E-state index >= 15 is 0 Å². The number of benzene rings is 2. The zero-order valence-electron chi connectivity index (χ0n) is 15.9. The van der Waals surface area contributed by atoms with Crippen LogP contribution in [0.5, 0.6) is 0 Å². The fourth-order valence-corrected chi connectivity index (χ4v) is 3.04. The molecule has 0 amide bonds. The average molecular weight is 390 g/mol. The van der Waals surface area contributed by atoms with Crippen molar-refractivity contribution in [3.8, 4) is 5.69 Å². The average Bonchev–Trinajstić information content (AvgIpc) is 3.08. The summed E-state index contributed by atoms with van der Waals surface area (Å²) < 4.78 is 12.1. The first-order valence-electron chi connectivity index (χ1n) is 9.04. The summed E-state index contributed by atoms with van der Waals surface area (Å²) in [4.78, 5) is 32.4. The molecule has 0 saturated carbocycles. The third kappa shape index (κ3) is 3.77. The van der Waals surface area contributed by atoms with E-state index in [0.29, 0.717) is 27.9 Å². The molecule has 4 aromatic rings. The molecule has 0 spiro atoms. The molecule has 2 aromatic carbocycles. The van der Waals surface area contributed by atoms with Crippen molar-refractivity contribution < 1.29 is 19.1 Å². The van der Waals surface area contributed by atoms with Gasteiger partial charge in [0, 0.05) is 13.8 Å². The number of hydrogen-bond acceptors (Lipinski definition) is 7. The topological polar surface area (TPSA) is 96.2 Å². The van der Waals surface area contributed by atoms with Gasteiger partial charge in [0.15, 0.2) is 11.8 Å². The second-order valence-corrected chi connectivity index (χ2v) is 6.42. The van der Waals surface area contributed by atoms with Crippen LogP contribution in [-0.4, -0.2) is 38.3 Å². The van der Waals surface area contributed by atoms with E-state index in [1.807, 2.05) is 54.6 Å². The molecule has 0 fully saturated rings. The Morgan fingerprint density at radius 3 is 2.24 bits per heavy atom. The van der Waals surface area contributed by atoms with Crippen LogP contribution in [0, 0.1) is 0 Å². The molecule has 1 atom stereocenters. The Hall–Kier alpha value is -3.81. The molecule has 0 aliphatic carbocycles. The maximum atomic E-state index is 11.7. The Balaban J connectivity index is 1.95. The van der Waals surface area contributed by atoms with Gasteiger partial charge in [-0.05, 0) is 24.3 Å². The van der Waals surface area contributed by atoms with Gasteiger partial charge in [-0.2, -0.15) is 5.10 Å². The van der Waals surface area contributed by atoms with Crippen molar-refractivity contribution in [3.05, 3.63) is 60.3 Å². The summed E-state index contributed by atoms with van der Waals surface area (Å²) in [5.41, 5.74) is 3.55. The van der Waals surface area contributed by atoms with E-state index in [2.05, 4.69) is 5.10 Å². The molecular formula is C21H18N4O4. The molecule has 146 valence electrons. The Kier molecular flexibility index (Phi) is 4.90. The molecule has 0 N–H and O–H groups in total. The van der Waals surface area contributed by atoms with Gasteiger partial charge >= 0.3 is 11.9 Å². The third-order valence-corrected chi connectivity index (χ3v) is 4.26. The van der Waals surface area contributed by atoms with Crippen LogP contribution in [0.15, 0.2) is 54.6 Å². The van der Waals surface area contributed by atoms with Gasteiger partial charge in [-0.15, -0.1) is 0 Å². The smallest absolute Gasteiger partial charge is 0.303 e. The largest absolute Gasteiger partial charge is 0.461 e. The molecular weight excluding hydrogens is 372 g/mol. The molecule has 1 unspecified atom stereocenters. The van der Waals surface area contributed by atoms with E-state index < -0.39 is 18.0 Å². The molecule has 29 heavy (non-hydrogen) atoms. The zero-order chi connectivity index (χ0) is 20.4. The van der Waals surface area contributed by atoms with Gasteiger partial charge in [0.1, 0.15) is 17.8 Å². The van der Waals surface area contributed by atoms with E-state index in [1.165, 1.54) is 13.8 Å². The molecule has 8 heteroatoms. The maximum Gasteiger partial charge on any atom is 0.303 e. The van der Waals surface area contributed by atoms with Crippen LogP contribution in [0.1, 0.15) is 25.6 Å². The molecule has 0 saturated heterocycles. The van der Waals surface area contributed by atoms with Crippen molar-refractivity contribution in [3.63, 3.8) is 0 Å². The van der Waals surface area contributed by atoms with Gasteiger partial charge < -0.3 is 9.47 Å². The van der Waals surface area contributed by atoms with Crippen LogP contribution in [0.2, 0.25) is 0 Å². The third-order valence-electron chi connectivity index (χ3n) is 4.26. The molecule has 0 aliphatic rings. The van der Waals surface area contributed by atoms with E-state index in [0.717, 1.165) is 5.69 Å². The van der Waals surface area contributed by atoms with Gasteiger partial charge in [0.05, 0.1) is 16.7 Å². The summed E-state index contributed by atoms with van der Waals surface area (Å²) in [6.07, 6.45) is -0.903. The highest BCUT2D eigenvalue weighted by molar-refractivity contribution is 5.87. The van der Waals surface area contributed by atoms with Crippen LogP contribution in [-0.2, 0) is 19.1 Å². The predicted octanol–water partition coefficient (Wildman–Crippen LogP) is 3.14. The molecule has 0 bridgehead atoms. The predicted molar refractivity (Wildman–Crippen MR) is 105 cm³/mol. The number of rotatable bonds is 5. The van der Waals surface area contributed by atoms with Crippen molar-refractivity contribution in [2.45, 2.75) is 20.0 Å². The number of para-hydroxylation sites is 3. The van der Waals surface area contributed by atoms with Crippen molar-refractivity contribution >= 4 is 34.1 Å². The van der Waals surface area contributed by atoms with Crippen LogP contribution in [0.25, 0.3) is 27.9 Å². The first-order valence-corrected chi connectivity index (χ1v) is 9.04. The highest BCUT2D eigenvalue weighted by atomic mass is 16.6. The van der Waals surface area contributed by atoms with Crippen LogP contribution in [0.4, 0.5) is 0 Å². The first-order chi connectivity index (χ1) is 14.0. The fourth-order valence-electron chi connectivity index (χ4n) is 3.04. The Labute approximate surface area is 166 Å². The SMILES string of the molecule is CC(=O)OCC(OC(C)=O)c1nn(-c2ccccc2)c2nc3ccccc3nc12. The lowest BCUT2D eigenvalue weighted by atomic mass is 10.2. The van der Waals surface area contributed by atoms with Gasteiger partial charge in [0.2, 0.25) is 0 Å². The molecule has 2 aromatic heterocycles. The van der Waals surface area contributed by atoms with Gasteiger partial charge in [0.25, 0.3) is 0 Å². The standard InChI is InChI=1S/C21H18N4O4/c1-13(26)28-12-18(29-14(2)27)19-20-21(23-17-11-7-6-10-16(17)22-20)25(24-19)15-8-4-3-5-9-15/h3-11,18H,12H2,1-2H3. The van der Waals surface area contributed by atoms with E-state index in [1.54, 1.807) is 4.68 Å². The van der Waals surface area contributed by atoms with Gasteiger partial charge in [-0.1, -0.05) is 30.3 Å². The summed E-state index contributed by atoms with van der Waals surface area (Å²) in [6.45, 7) is 2.42. The number of carbonyl (C=O) groups is 2. The van der Waals surface area contributed by atoms with Gasteiger partial charge in [-0.3, -0.25) is 9.59 Å². The van der Waals surface area contributed by atoms with Gasteiger partial charge in [-0.25, -0.2) is 14.6 Å². The number of carbonyl (C=O) groups excluding carboxylic acids is 2. The zero-order valence-corrected chi connectivity index (χ0v) is 15.9. The number of fused-ring (bicyclic) bond motifs is 2. The van der Waals surface area contributed by atoms with Crippen molar-refractivity contribution in [1.29, 1.82) is 0 Å². The fraction of sp³-hybridized carbons (Fsp3) is 0.190. The summed E-state index contributed by atoms with van der Waals surface area (Å²) in [6, 6.07) is 16.9. The van der Waals surface area contributed by atoms with E-state index in [-0.39, 0.29) is 6.61 Å². The van der Waals surface area contributed by atoms with Crippen molar-refractivity contribution in [2.75, 3.05) is 6.61 Å². The lowest BCUT2D eigenvalue weighted by molar-refractivity contribution is -0.156. The van der Waals surface area contributed by atoms with E-state index in [9.17, 15) is 9.59 Å². The van der Waals surface area contributed by atoms with Crippen LogP contribution < -0.4 is 0 Å². The lowest BCUT2D eigenvalue weighted by Crippen LogP contribution is -2.17. The summed E-state index contributed by atoms with van der Waals surface area (Å²) in [5, 5.41) is 4.64. The molecule has 0 aliphatic heterocycles. The summed E-state index contributed by atoms with van der Waals surface area (Å²) in [5.74, 6) is -0.996. The van der Waals surface area contributed by atoms with Crippen molar-refractivity contribution in [1.82, 2.24) is 19.7 Å².